The number of hydrogen-bond donors (Lipinski definition) is 3. The van der Waals surface area contributed by atoms with Crippen LogP contribution in [0, 0.1) is 5.92 Å². The SMILES string of the molecule is NC(=O)c1cc(N)cc(Cl)c1NCC1CC1. The topological polar surface area (TPSA) is 81.1 Å². The van der Waals surface area contributed by atoms with Crippen LogP contribution in [-0.4, -0.2) is 12.5 Å². The Bertz CT molecular complexity index is 429. The van der Waals surface area contributed by atoms with E-state index < -0.39 is 5.91 Å². The smallest absolute Gasteiger partial charge is 0.250 e. The predicted molar refractivity (Wildman–Crippen MR) is 65.6 cm³/mol. The van der Waals surface area contributed by atoms with Gasteiger partial charge in [-0.1, -0.05) is 11.6 Å². The monoisotopic (exact) mass is 239 g/mol. The highest BCUT2D eigenvalue weighted by atomic mass is 35.5. The Morgan fingerprint density at radius 3 is 2.75 bits per heavy atom. The van der Waals surface area contributed by atoms with Gasteiger partial charge in [-0.15, -0.1) is 0 Å². The third-order valence-corrected chi connectivity index (χ3v) is 2.94. The van der Waals surface area contributed by atoms with Crippen LogP contribution < -0.4 is 16.8 Å². The van der Waals surface area contributed by atoms with Gasteiger partial charge in [0.2, 0.25) is 0 Å². The molecule has 1 aromatic carbocycles. The minimum atomic E-state index is -0.521. The highest BCUT2D eigenvalue weighted by Crippen LogP contribution is 2.33. The molecular weight excluding hydrogens is 226 g/mol. The molecule has 0 bridgehead atoms. The molecule has 1 aromatic rings. The summed E-state index contributed by atoms with van der Waals surface area (Å²) in [6.07, 6.45) is 2.46. The summed E-state index contributed by atoms with van der Waals surface area (Å²) in [5, 5.41) is 3.60. The zero-order valence-corrected chi connectivity index (χ0v) is 9.55. The van der Waals surface area contributed by atoms with E-state index in [-0.39, 0.29) is 0 Å². The third-order valence-electron chi connectivity index (χ3n) is 2.64. The van der Waals surface area contributed by atoms with Crippen molar-refractivity contribution in [1.82, 2.24) is 0 Å². The van der Waals surface area contributed by atoms with Crippen molar-refractivity contribution >= 4 is 28.9 Å². The molecule has 0 aromatic heterocycles. The average molecular weight is 240 g/mol. The van der Waals surface area contributed by atoms with E-state index in [2.05, 4.69) is 5.32 Å². The molecule has 86 valence electrons. The van der Waals surface area contributed by atoms with Crippen LogP contribution in [0.4, 0.5) is 11.4 Å². The van der Waals surface area contributed by atoms with E-state index in [9.17, 15) is 4.79 Å². The van der Waals surface area contributed by atoms with Crippen LogP contribution in [0.5, 0.6) is 0 Å². The van der Waals surface area contributed by atoms with Crippen molar-refractivity contribution in [3.8, 4) is 0 Å². The minimum Gasteiger partial charge on any atom is -0.399 e. The molecule has 0 saturated heterocycles. The summed E-state index contributed by atoms with van der Waals surface area (Å²) in [5.41, 5.74) is 12.3. The van der Waals surface area contributed by atoms with Gasteiger partial charge < -0.3 is 16.8 Å². The summed E-state index contributed by atoms with van der Waals surface area (Å²) >= 11 is 6.03. The Hall–Kier alpha value is -1.42. The molecule has 0 aliphatic heterocycles. The maximum absolute atomic E-state index is 11.3. The number of nitrogen functional groups attached to an aromatic ring is 1. The van der Waals surface area contributed by atoms with Crippen molar-refractivity contribution in [3.05, 3.63) is 22.7 Å². The van der Waals surface area contributed by atoms with Gasteiger partial charge >= 0.3 is 0 Å². The first-order chi connectivity index (χ1) is 7.58. The van der Waals surface area contributed by atoms with Crippen molar-refractivity contribution in [2.24, 2.45) is 11.7 Å². The summed E-state index contributed by atoms with van der Waals surface area (Å²) in [7, 11) is 0. The summed E-state index contributed by atoms with van der Waals surface area (Å²) in [6.45, 7) is 0.823. The van der Waals surface area contributed by atoms with E-state index in [4.69, 9.17) is 23.1 Å². The molecular formula is C11H14ClN3O. The molecule has 2 rings (SSSR count). The number of benzene rings is 1. The van der Waals surface area contributed by atoms with E-state index in [0.29, 0.717) is 27.9 Å². The number of carbonyl (C=O) groups excluding carboxylic acids is 1. The fourth-order valence-corrected chi connectivity index (χ4v) is 1.86. The number of amides is 1. The lowest BCUT2D eigenvalue weighted by Crippen LogP contribution is -2.16. The molecule has 1 fully saturated rings. The molecule has 1 aliphatic rings. The van der Waals surface area contributed by atoms with Gasteiger partial charge in [0, 0.05) is 12.2 Å². The zero-order valence-electron chi connectivity index (χ0n) is 8.79. The first-order valence-electron chi connectivity index (χ1n) is 5.20. The van der Waals surface area contributed by atoms with Gasteiger partial charge in [-0.2, -0.15) is 0 Å². The number of hydrogen-bond acceptors (Lipinski definition) is 3. The lowest BCUT2D eigenvalue weighted by molar-refractivity contribution is 0.100. The Balaban J connectivity index is 2.27. The van der Waals surface area contributed by atoms with Crippen LogP contribution >= 0.6 is 11.6 Å². The molecule has 0 heterocycles. The molecule has 5 heteroatoms. The Morgan fingerprint density at radius 2 is 2.19 bits per heavy atom. The number of rotatable bonds is 4. The molecule has 0 unspecified atom stereocenters. The largest absolute Gasteiger partial charge is 0.399 e. The number of halogens is 1. The molecule has 1 aliphatic carbocycles. The molecule has 0 atom stereocenters. The lowest BCUT2D eigenvalue weighted by Gasteiger charge is -2.12. The van der Waals surface area contributed by atoms with E-state index in [1.165, 1.54) is 12.8 Å². The molecule has 0 spiro atoms. The molecule has 4 nitrogen and oxygen atoms in total. The molecule has 5 N–H and O–H groups in total. The second-order valence-electron chi connectivity index (χ2n) is 4.11. The number of carbonyl (C=O) groups is 1. The van der Waals surface area contributed by atoms with E-state index in [1.54, 1.807) is 12.1 Å². The predicted octanol–water partition coefficient (Wildman–Crippen LogP) is 1.84. The fraction of sp³-hybridized carbons (Fsp3) is 0.364. The lowest BCUT2D eigenvalue weighted by atomic mass is 10.1. The van der Waals surface area contributed by atoms with Crippen molar-refractivity contribution in [2.75, 3.05) is 17.6 Å². The van der Waals surface area contributed by atoms with Crippen LogP contribution in [-0.2, 0) is 0 Å². The van der Waals surface area contributed by atoms with Crippen molar-refractivity contribution in [3.63, 3.8) is 0 Å². The van der Waals surface area contributed by atoms with Gasteiger partial charge in [-0.05, 0) is 30.9 Å². The van der Waals surface area contributed by atoms with Crippen LogP contribution in [0.25, 0.3) is 0 Å². The van der Waals surface area contributed by atoms with E-state index in [0.717, 1.165) is 6.54 Å². The van der Waals surface area contributed by atoms with Crippen LogP contribution in [0.15, 0.2) is 12.1 Å². The van der Waals surface area contributed by atoms with Crippen molar-refractivity contribution in [1.29, 1.82) is 0 Å². The average Bonchev–Trinajstić information content (AvgIpc) is 2.98. The summed E-state index contributed by atoms with van der Waals surface area (Å²) in [4.78, 5) is 11.3. The van der Waals surface area contributed by atoms with E-state index >= 15 is 0 Å². The molecule has 16 heavy (non-hydrogen) atoms. The second-order valence-corrected chi connectivity index (χ2v) is 4.52. The fourth-order valence-electron chi connectivity index (χ4n) is 1.57. The van der Waals surface area contributed by atoms with Gasteiger partial charge in [0.15, 0.2) is 0 Å². The van der Waals surface area contributed by atoms with Crippen LogP contribution in [0.2, 0.25) is 5.02 Å². The maximum atomic E-state index is 11.3. The van der Waals surface area contributed by atoms with Gasteiger partial charge in [0.05, 0.1) is 16.3 Å². The third kappa shape index (κ3) is 2.39. The van der Waals surface area contributed by atoms with E-state index in [1.807, 2.05) is 0 Å². The van der Waals surface area contributed by atoms with Gasteiger partial charge in [0.1, 0.15) is 0 Å². The Kier molecular flexibility index (Phi) is 2.92. The highest BCUT2D eigenvalue weighted by molar-refractivity contribution is 6.34. The second kappa shape index (κ2) is 4.22. The maximum Gasteiger partial charge on any atom is 0.250 e. The highest BCUT2D eigenvalue weighted by Gasteiger charge is 2.22. The number of anilines is 2. The number of primary amides is 1. The quantitative estimate of drug-likeness (QED) is 0.702. The molecule has 1 saturated carbocycles. The van der Waals surface area contributed by atoms with Gasteiger partial charge in [-0.25, -0.2) is 0 Å². The first kappa shape index (κ1) is 11.1. The Morgan fingerprint density at radius 1 is 1.50 bits per heavy atom. The van der Waals surface area contributed by atoms with Crippen LogP contribution in [0.3, 0.4) is 0 Å². The molecule has 0 radical (unpaired) electrons. The minimum absolute atomic E-state index is 0.352. The Labute approximate surface area is 98.9 Å². The first-order valence-corrected chi connectivity index (χ1v) is 5.58. The zero-order chi connectivity index (χ0) is 11.7. The summed E-state index contributed by atoms with van der Waals surface area (Å²) < 4.78 is 0. The standard InChI is InChI=1S/C11H14ClN3O/c12-9-4-7(13)3-8(11(14)16)10(9)15-5-6-1-2-6/h3-4,6,15H,1-2,5,13H2,(H2,14,16). The van der Waals surface area contributed by atoms with Crippen LogP contribution in [0.1, 0.15) is 23.2 Å². The number of nitrogens with two attached hydrogens (primary N) is 2. The summed E-state index contributed by atoms with van der Waals surface area (Å²) in [5.74, 6) is 0.168. The van der Waals surface area contributed by atoms with Crippen molar-refractivity contribution in [2.45, 2.75) is 12.8 Å². The number of nitrogens with one attached hydrogen (secondary N) is 1. The van der Waals surface area contributed by atoms with Gasteiger partial charge in [0.25, 0.3) is 5.91 Å². The van der Waals surface area contributed by atoms with Crippen molar-refractivity contribution < 1.29 is 4.79 Å². The summed E-state index contributed by atoms with van der Waals surface area (Å²) in [6, 6.07) is 3.16. The van der Waals surface area contributed by atoms with Gasteiger partial charge in [-0.3, -0.25) is 4.79 Å². The normalized spacial score (nSPS) is 14.8. The molecule has 1 amide bonds.